The van der Waals surface area contributed by atoms with Crippen LogP contribution < -0.4 is 5.73 Å². The summed E-state index contributed by atoms with van der Waals surface area (Å²) < 4.78 is 0. The summed E-state index contributed by atoms with van der Waals surface area (Å²) >= 11 is 0. The van der Waals surface area contributed by atoms with Gasteiger partial charge in [0.1, 0.15) is 0 Å². The summed E-state index contributed by atoms with van der Waals surface area (Å²) in [7, 11) is 1.94. The predicted molar refractivity (Wildman–Crippen MR) is 75.1 cm³/mol. The molecule has 0 saturated carbocycles. The number of benzene rings is 1. The smallest absolute Gasteiger partial charge is 0.236 e. The van der Waals surface area contributed by atoms with Crippen molar-refractivity contribution in [3.63, 3.8) is 0 Å². The molecule has 0 radical (unpaired) electrons. The molecule has 100 valence electrons. The maximum absolute atomic E-state index is 11.9. The minimum absolute atomic E-state index is 0.164. The second kappa shape index (κ2) is 7.01. The third kappa shape index (κ3) is 4.04. The van der Waals surface area contributed by atoms with E-state index in [4.69, 9.17) is 5.73 Å². The van der Waals surface area contributed by atoms with E-state index in [0.717, 1.165) is 24.3 Å². The van der Waals surface area contributed by atoms with Crippen LogP contribution in [0.15, 0.2) is 24.3 Å². The van der Waals surface area contributed by atoms with E-state index in [1.165, 1.54) is 0 Å². The number of nitrogen functional groups attached to an aromatic ring is 1. The predicted octanol–water partition coefficient (Wildman–Crippen LogP) is 1.57. The van der Waals surface area contributed by atoms with Gasteiger partial charge in [0.2, 0.25) is 5.91 Å². The first-order valence-corrected chi connectivity index (χ1v) is 6.38. The number of hydrogen-bond acceptors (Lipinski definition) is 3. The van der Waals surface area contributed by atoms with Crippen LogP contribution in [0.1, 0.15) is 19.4 Å². The normalized spacial score (nSPS) is 10.7. The highest BCUT2D eigenvalue weighted by molar-refractivity contribution is 5.78. The molecular formula is C14H23N3O. The number of carbonyl (C=O) groups is 1. The van der Waals surface area contributed by atoms with E-state index < -0.39 is 0 Å². The molecule has 1 aromatic rings. The van der Waals surface area contributed by atoms with Crippen LogP contribution in [-0.2, 0) is 11.3 Å². The largest absolute Gasteiger partial charge is 0.398 e. The van der Waals surface area contributed by atoms with Crippen LogP contribution in [0.2, 0.25) is 0 Å². The van der Waals surface area contributed by atoms with E-state index in [-0.39, 0.29) is 5.91 Å². The van der Waals surface area contributed by atoms with Crippen molar-refractivity contribution < 1.29 is 4.79 Å². The molecule has 0 saturated heterocycles. The van der Waals surface area contributed by atoms with Crippen molar-refractivity contribution in [2.75, 3.05) is 32.4 Å². The molecule has 0 atom stereocenters. The molecule has 4 heteroatoms. The van der Waals surface area contributed by atoms with Gasteiger partial charge >= 0.3 is 0 Å². The van der Waals surface area contributed by atoms with Gasteiger partial charge in [-0.15, -0.1) is 0 Å². The molecule has 0 aliphatic heterocycles. The lowest BCUT2D eigenvalue weighted by atomic mass is 10.2. The Labute approximate surface area is 109 Å². The number of nitrogens with two attached hydrogens (primary N) is 1. The van der Waals surface area contributed by atoms with Gasteiger partial charge < -0.3 is 10.6 Å². The summed E-state index contributed by atoms with van der Waals surface area (Å²) in [5.74, 6) is 0.164. The zero-order valence-corrected chi connectivity index (χ0v) is 11.5. The van der Waals surface area contributed by atoms with Crippen molar-refractivity contribution in [2.45, 2.75) is 20.4 Å². The van der Waals surface area contributed by atoms with E-state index in [0.29, 0.717) is 13.1 Å². The van der Waals surface area contributed by atoms with Crippen LogP contribution in [0.3, 0.4) is 0 Å². The topological polar surface area (TPSA) is 49.6 Å². The number of anilines is 1. The fourth-order valence-corrected chi connectivity index (χ4v) is 1.93. The third-order valence-electron chi connectivity index (χ3n) is 3.02. The Hall–Kier alpha value is -1.55. The molecule has 0 aromatic heterocycles. The summed E-state index contributed by atoms with van der Waals surface area (Å²) in [6.45, 7) is 6.64. The molecule has 4 nitrogen and oxygen atoms in total. The van der Waals surface area contributed by atoms with Gasteiger partial charge in [0, 0.05) is 25.3 Å². The second-order valence-corrected chi connectivity index (χ2v) is 4.44. The summed E-state index contributed by atoms with van der Waals surface area (Å²) in [4.78, 5) is 15.8. The molecule has 0 aliphatic rings. The molecule has 1 aromatic carbocycles. The fourth-order valence-electron chi connectivity index (χ4n) is 1.93. The Morgan fingerprint density at radius 1 is 1.22 bits per heavy atom. The van der Waals surface area contributed by atoms with Gasteiger partial charge in [-0.1, -0.05) is 18.2 Å². The van der Waals surface area contributed by atoms with E-state index in [2.05, 4.69) is 0 Å². The van der Waals surface area contributed by atoms with Crippen LogP contribution in [0.25, 0.3) is 0 Å². The van der Waals surface area contributed by atoms with Crippen molar-refractivity contribution in [1.82, 2.24) is 9.80 Å². The molecule has 2 N–H and O–H groups in total. The van der Waals surface area contributed by atoms with Crippen LogP contribution in [0, 0.1) is 0 Å². The van der Waals surface area contributed by atoms with Crippen LogP contribution in [-0.4, -0.2) is 42.4 Å². The van der Waals surface area contributed by atoms with Crippen molar-refractivity contribution in [2.24, 2.45) is 0 Å². The number of nitrogens with zero attached hydrogens (tertiary/aromatic N) is 2. The zero-order valence-electron chi connectivity index (χ0n) is 11.5. The number of likely N-dealkylation sites (N-methyl/N-ethyl adjacent to an activating group) is 2. The fraction of sp³-hybridized carbons (Fsp3) is 0.500. The Balaban J connectivity index is 2.54. The number of para-hydroxylation sites is 1. The second-order valence-electron chi connectivity index (χ2n) is 4.44. The molecule has 0 bridgehead atoms. The van der Waals surface area contributed by atoms with E-state index >= 15 is 0 Å². The summed E-state index contributed by atoms with van der Waals surface area (Å²) in [6.07, 6.45) is 0. The van der Waals surface area contributed by atoms with Crippen LogP contribution in [0.4, 0.5) is 5.69 Å². The number of carbonyl (C=O) groups excluding carboxylic acids is 1. The average molecular weight is 249 g/mol. The van der Waals surface area contributed by atoms with Gasteiger partial charge in [0.25, 0.3) is 0 Å². The minimum atomic E-state index is 0.164. The van der Waals surface area contributed by atoms with Gasteiger partial charge in [-0.3, -0.25) is 9.69 Å². The zero-order chi connectivity index (χ0) is 13.5. The van der Waals surface area contributed by atoms with Gasteiger partial charge in [0.05, 0.1) is 6.54 Å². The van der Waals surface area contributed by atoms with E-state index in [9.17, 15) is 4.79 Å². The maximum atomic E-state index is 11.9. The lowest BCUT2D eigenvalue weighted by Crippen LogP contribution is -2.38. The monoisotopic (exact) mass is 249 g/mol. The lowest BCUT2D eigenvalue weighted by molar-refractivity contribution is -0.131. The SMILES string of the molecule is CCN(CC)C(=O)CN(C)Cc1ccccc1N. The summed E-state index contributed by atoms with van der Waals surface area (Å²) in [5.41, 5.74) is 7.73. The third-order valence-corrected chi connectivity index (χ3v) is 3.02. The van der Waals surface area contributed by atoms with Crippen LogP contribution in [0.5, 0.6) is 0 Å². The number of amides is 1. The van der Waals surface area contributed by atoms with Crippen molar-refractivity contribution >= 4 is 11.6 Å². The molecule has 1 amide bonds. The standard InChI is InChI=1S/C14H23N3O/c1-4-17(5-2)14(18)11-16(3)10-12-8-6-7-9-13(12)15/h6-9H,4-5,10-11,15H2,1-3H3. The molecule has 0 fully saturated rings. The lowest BCUT2D eigenvalue weighted by Gasteiger charge is -2.23. The first kappa shape index (κ1) is 14.5. The van der Waals surface area contributed by atoms with Crippen molar-refractivity contribution in [3.05, 3.63) is 29.8 Å². The molecule has 18 heavy (non-hydrogen) atoms. The van der Waals surface area contributed by atoms with E-state index in [1.54, 1.807) is 0 Å². The average Bonchev–Trinajstić information content (AvgIpc) is 2.33. The first-order chi connectivity index (χ1) is 8.58. The van der Waals surface area contributed by atoms with Gasteiger partial charge in [-0.2, -0.15) is 0 Å². The first-order valence-electron chi connectivity index (χ1n) is 6.38. The molecular weight excluding hydrogens is 226 g/mol. The highest BCUT2D eigenvalue weighted by Crippen LogP contribution is 2.12. The maximum Gasteiger partial charge on any atom is 0.236 e. The minimum Gasteiger partial charge on any atom is -0.398 e. The Kier molecular flexibility index (Phi) is 5.65. The van der Waals surface area contributed by atoms with Crippen molar-refractivity contribution in [1.29, 1.82) is 0 Å². The highest BCUT2D eigenvalue weighted by Gasteiger charge is 2.12. The Morgan fingerprint density at radius 3 is 2.39 bits per heavy atom. The highest BCUT2D eigenvalue weighted by atomic mass is 16.2. The van der Waals surface area contributed by atoms with Gasteiger partial charge in [-0.05, 0) is 32.5 Å². The van der Waals surface area contributed by atoms with E-state index in [1.807, 2.05) is 55.0 Å². The van der Waals surface area contributed by atoms with Gasteiger partial charge in [-0.25, -0.2) is 0 Å². The van der Waals surface area contributed by atoms with Gasteiger partial charge in [0.15, 0.2) is 0 Å². The quantitative estimate of drug-likeness (QED) is 0.779. The number of hydrogen-bond donors (Lipinski definition) is 1. The molecule has 0 aliphatic carbocycles. The molecule has 1 rings (SSSR count). The molecule has 0 unspecified atom stereocenters. The van der Waals surface area contributed by atoms with Crippen molar-refractivity contribution in [3.8, 4) is 0 Å². The Morgan fingerprint density at radius 2 is 1.83 bits per heavy atom. The summed E-state index contributed by atoms with van der Waals surface area (Å²) in [6, 6.07) is 7.76. The number of rotatable bonds is 6. The summed E-state index contributed by atoms with van der Waals surface area (Å²) in [5, 5.41) is 0. The molecule has 0 heterocycles. The Bertz CT molecular complexity index is 388. The molecule has 0 spiro atoms. The van der Waals surface area contributed by atoms with Crippen LogP contribution >= 0.6 is 0 Å².